The number of imide groups is 1. The summed E-state index contributed by atoms with van der Waals surface area (Å²) in [6.07, 6.45) is 1.93. The van der Waals surface area contributed by atoms with E-state index in [-0.39, 0.29) is 11.4 Å². The summed E-state index contributed by atoms with van der Waals surface area (Å²) in [6.45, 7) is 2.26. The predicted octanol–water partition coefficient (Wildman–Crippen LogP) is -0.194. The molecule has 8 heteroatoms. The van der Waals surface area contributed by atoms with Crippen LogP contribution in [0.25, 0.3) is 0 Å². The number of pyridine rings is 1. The zero-order valence-corrected chi connectivity index (χ0v) is 12.0. The molecule has 0 radical (unpaired) electrons. The third-order valence-corrected chi connectivity index (χ3v) is 2.50. The number of nitrogens with one attached hydrogen (secondary N) is 1. The number of ether oxygens (including phenoxy) is 2. The molecule has 0 fully saturated rings. The Hall–Kier alpha value is -2.19. The molecule has 1 heterocycles. The number of carbonyl (C=O) groups is 2. The second-order valence-electron chi connectivity index (χ2n) is 4.31. The first kappa shape index (κ1) is 16.9. The van der Waals surface area contributed by atoms with Gasteiger partial charge in [0.1, 0.15) is 0 Å². The molecular formula is C13H19N3O5. The van der Waals surface area contributed by atoms with Crippen LogP contribution in [-0.2, 0) is 9.53 Å². The van der Waals surface area contributed by atoms with Crippen molar-refractivity contribution in [3.05, 3.63) is 18.0 Å². The first-order valence-corrected chi connectivity index (χ1v) is 6.37. The quantitative estimate of drug-likeness (QED) is 0.596. The minimum Gasteiger partial charge on any atom is -0.503 e. The van der Waals surface area contributed by atoms with Gasteiger partial charge in [-0.1, -0.05) is 0 Å². The molecule has 0 aliphatic carbocycles. The van der Waals surface area contributed by atoms with E-state index in [0.717, 1.165) is 0 Å². The Balaban J connectivity index is 2.75. The van der Waals surface area contributed by atoms with Gasteiger partial charge < -0.3 is 20.3 Å². The second kappa shape index (κ2) is 8.18. The van der Waals surface area contributed by atoms with Crippen molar-refractivity contribution < 1.29 is 24.2 Å². The number of carbonyl (C=O) groups excluding carboxylic acids is 2. The molecule has 116 valence electrons. The summed E-state index contributed by atoms with van der Waals surface area (Å²) in [5, 5.41) is 12.0. The van der Waals surface area contributed by atoms with E-state index >= 15 is 0 Å². The van der Waals surface area contributed by atoms with E-state index in [9.17, 15) is 14.7 Å². The van der Waals surface area contributed by atoms with Crippen molar-refractivity contribution in [2.24, 2.45) is 5.73 Å². The van der Waals surface area contributed by atoms with Crippen LogP contribution in [0.5, 0.6) is 11.5 Å². The topological polar surface area (TPSA) is 124 Å². The van der Waals surface area contributed by atoms with Crippen LogP contribution in [0, 0.1) is 0 Å². The Morgan fingerprint density at radius 3 is 2.81 bits per heavy atom. The van der Waals surface area contributed by atoms with Crippen molar-refractivity contribution in [3.8, 4) is 11.5 Å². The molecule has 0 saturated carbocycles. The van der Waals surface area contributed by atoms with Crippen molar-refractivity contribution in [3.63, 3.8) is 0 Å². The smallest absolute Gasteiger partial charge is 0.280 e. The van der Waals surface area contributed by atoms with E-state index < -0.39 is 23.6 Å². The largest absolute Gasteiger partial charge is 0.503 e. The fourth-order valence-electron chi connectivity index (χ4n) is 1.39. The number of methoxy groups -OCH3 is 1. The van der Waals surface area contributed by atoms with E-state index in [4.69, 9.17) is 15.2 Å². The molecule has 8 nitrogen and oxygen atoms in total. The summed E-state index contributed by atoms with van der Waals surface area (Å²) in [4.78, 5) is 26.9. The van der Waals surface area contributed by atoms with Crippen LogP contribution in [0.3, 0.4) is 0 Å². The van der Waals surface area contributed by atoms with Gasteiger partial charge in [-0.25, -0.2) is 4.98 Å². The number of hydrogen-bond acceptors (Lipinski definition) is 7. The van der Waals surface area contributed by atoms with Crippen LogP contribution in [-0.4, -0.2) is 48.3 Å². The zero-order chi connectivity index (χ0) is 15.8. The molecule has 0 bridgehead atoms. The standard InChI is InChI=1S/C13H19N3O5/c1-8(14)12(18)16-13(19)10-11(17)9(4-5-15-10)21-7-3-6-20-2/h4-5,8,17H,3,6-7,14H2,1-2H3,(H,16,18,19)/t8-/m0/s1. The van der Waals surface area contributed by atoms with Gasteiger partial charge in [-0.15, -0.1) is 0 Å². The number of aromatic nitrogens is 1. The Labute approximate surface area is 122 Å². The lowest BCUT2D eigenvalue weighted by Gasteiger charge is -2.11. The van der Waals surface area contributed by atoms with Crippen LogP contribution in [0.1, 0.15) is 23.8 Å². The average Bonchev–Trinajstić information content (AvgIpc) is 2.44. The lowest BCUT2D eigenvalue weighted by Crippen LogP contribution is -2.41. The van der Waals surface area contributed by atoms with Crippen molar-refractivity contribution in [2.75, 3.05) is 20.3 Å². The highest BCUT2D eigenvalue weighted by atomic mass is 16.5. The Morgan fingerprint density at radius 2 is 2.19 bits per heavy atom. The van der Waals surface area contributed by atoms with E-state index in [0.29, 0.717) is 19.6 Å². The van der Waals surface area contributed by atoms with E-state index in [1.165, 1.54) is 19.2 Å². The van der Waals surface area contributed by atoms with Gasteiger partial charge in [-0.2, -0.15) is 0 Å². The van der Waals surface area contributed by atoms with Gasteiger partial charge >= 0.3 is 0 Å². The molecule has 0 saturated heterocycles. The van der Waals surface area contributed by atoms with Crippen LogP contribution in [0.2, 0.25) is 0 Å². The van der Waals surface area contributed by atoms with E-state index in [2.05, 4.69) is 4.98 Å². The van der Waals surface area contributed by atoms with E-state index in [1.54, 1.807) is 7.11 Å². The molecule has 1 aromatic rings. The summed E-state index contributed by atoms with van der Waals surface area (Å²) in [5.41, 5.74) is 5.04. The summed E-state index contributed by atoms with van der Waals surface area (Å²) < 4.78 is 10.2. The first-order chi connectivity index (χ1) is 9.97. The predicted molar refractivity (Wildman–Crippen MR) is 74.0 cm³/mol. The first-order valence-electron chi connectivity index (χ1n) is 6.37. The fourth-order valence-corrected chi connectivity index (χ4v) is 1.39. The number of aromatic hydroxyl groups is 1. The number of nitrogens with two attached hydrogens (primary N) is 1. The minimum atomic E-state index is -0.843. The Kier molecular flexibility index (Phi) is 6.57. The molecule has 0 spiro atoms. The van der Waals surface area contributed by atoms with Crippen LogP contribution in [0.4, 0.5) is 0 Å². The van der Waals surface area contributed by atoms with Crippen LogP contribution >= 0.6 is 0 Å². The summed E-state index contributed by atoms with van der Waals surface area (Å²) >= 11 is 0. The molecule has 1 rings (SSSR count). The summed E-state index contributed by atoms with van der Waals surface area (Å²) in [7, 11) is 1.57. The average molecular weight is 297 g/mol. The normalized spacial score (nSPS) is 11.8. The van der Waals surface area contributed by atoms with Gasteiger partial charge in [0.15, 0.2) is 17.2 Å². The van der Waals surface area contributed by atoms with Gasteiger partial charge in [0, 0.05) is 32.4 Å². The van der Waals surface area contributed by atoms with Crippen molar-refractivity contribution in [2.45, 2.75) is 19.4 Å². The number of hydrogen-bond donors (Lipinski definition) is 3. The maximum absolute atomic E-state index is 11.8. The van der Waals surface area contributed by atoms with Gasteiger partial charge in [0.2, 0.25) is 5.91 Å². The number of rotatable bonds is 7. The fraction of sp³-hybridized carbons (Fsp3) is 0.462. The highest BCUT2D eigenvalue weighted by Gasteiger charge is 2.20. The second-order valence-corrected chi connectivity index (χ2v) is 4.31. The number of amides is 2. The molecule has 2 amide bonds. The maximum Gasteiger partial charge on any atom is 0.280 e. The molecule has 1 atom stereocenters. The third kappa shape index (κ3) is 5.01. The highest BCUT2D eigenvalue weighted by Crippen LogP contribution is 2.28. The van der Waals surface area contributed by atoms with Crippen molar-refractivity contribution >= 4 is 11.8 Å². The monoisotopic (exact) mass is 297 g/mol. The summed E-state index contributed by atoms with van der Waals surface area (Å²) in [5.74, 6) is -1.81. The van der Waals surface area contributed by atoms with Gasteiger partial charge in [-0.05, 0) is 6.92 Å². The molecule has 0 unspecified atom stereocenters. The van der Waals surface area contributed by atoms with Gasteiger partial charge in [-0.3, -0.25) is 14.9 Å². The third-order valence-electron chi connectivity index (χ3n) is 2.50. The highest BCUT2D eigenvalue weighted by molar-refractivity contribution is 6.06. The SMILES string of the molecule is COCCCOc1ccnc(C(=O)NC(=O)[C@H](C)N)c1O. The van der Waals surface area contributed by atoms with Crippen LogP contribution < -0.4 is 15.8 Å². The molecule has 0 aliphatic heterocycles. The number of nitrogens with zero attached hydrogens (tertiary/aromatic N) is 1. The molecular weight excluding hydrogens is 278 g/mol. The lowest BCUT2D eigenvalue weighted by atomic mass is 10.2. The Bertz CT molecular complexity index is 505. The maximum atomic E-state index is 11.8. The molecule has 1 aromatic heterocycles. The van der Waals surface area contributed by atoms with Crippen molar-refractivity contribution in [1.29, 1.82) is 0 Å². The van der Waals surface area contributed by atoms with Crippen molar-refractivity contribution in [1.82, 2.24) is 10.3 Å². The summed E-state index contributed by atoms with van der Waals surface area (Å²) in [6, 6.07) is 0.580. The zero-order valence-electron chi connectivity index (χ0n) is 12.0. The van der Waals surface area contributed by atoms with E-state index in [1.807, 2.05) is 5.32 Å². The molecule has 0 aliphatic rings. The van der Waals surface area contributed by atoms with Gasteiger partial charge in [0.25, 0.3) is 5.91 Å². The Morgan fingerprint density at radius 1 is 1.48 bits per heavy atom. The molecule has 0 aromatic carbocycles. The van der Waals surface area contributed by atoms with Gasteiger partial charge in [0.05, 0.1) is 12.6 Å². The molecule has 4 N–H and O–H groups in total. The lowest BCUT2D eigenvalue weighted by molar-refractivity contribution is -0.121. The molecule has 21 heavy (non-hydrogen) atoms. The minimum absolute atomic E-state index is 0.111. The van der Waals surface area contributed by atoms with Crippen LogP contribution in [0.15, 0.2) is 12.3 Å².